The Kier molecular flexibility index (Phi) is 5.02. The van der Waals surface area contributed by atoms with E-state index in [1.54, 1.807) is 17.4 Å². The number of carbonyl (C=O) groups excluding carboxylic acids is 1. The quantitative estimate of drug-likeness (QED) is 0.654. The largest absolute Gasteiger partial charge is 0.353 e. The monoisotopic (exact) mass is 379 g/mol. The van der Waals surface area contributed by atoms with Gasteiger partial charge >= 0.3 is 0 Å². The summed E-state index contributed by atoms with van der Waals surface area (Å²) < 4.78 is 1.98. The number of thiophene rings is 1. The topological polar surface area (TPSA) is 54.3 Å². The maximum absolute atomic E-state index is 12.4. The Hall–Kier alpha value is -2.93. The molecular weight excluding hydrogens is 358 g/mol. The van der Waals surface area contributed by atoms with Crippen molar-refractivity contribution in [3.8, 4) is 5.82 Å². The Labute approximate surface area is 162 Å². The van der Waals surface area contributed by atoms with Gasteiger partial charge < -0.3 is 14.4 Å². The summed E-state index contributed by atoms with van der Waals surface area (Å²) in [6.45, 7) is 4.82. The fourth-order valence-electron chi connectivity index (χ4n) is 3.12. The number of aromatic nitrogens is 3. The number of anilines is 1. The lowest BCUT2D eigenvalue weighted by atomic mass is 10.3. The molecule has 4 rings (SSSR count). The van der Waals surface area contributed by atoms with Crippen LogP contribution in [0.3, 0.4) is 0 Å². The van der Waals surface area contributed by atoms with Gasteiger partial charge in [0, 0.05) is 55.6 Å². The summed E-state index contributed by atoms with van der Waals surface area (Å²) >= 11 is 1.63. The molecule has 0 N–H and O–H groups in total. The van der Waals surface area contributed by atoms with Crippen molar-refractivity contribution in [3.63, 3.8) is 0 Å². The minimum absolute atomic E-state index is 0.0648. The first-order valence-electron chi connectivity index (χ1n) is 8.93. The molecular formula is C20H21N5OS. The van der Waals surface area contributed by atoms with Gasteiger partial charge in [0.15, 0.2) is 0 Å². The van der Waals surface area contributed by atoms with Gasteiger partial charge in [-0.25, -0.2) is 9.97 Å². The second-order valence-electron chi connectivity index (χ2n) is 6.38. The highest BCUT2D eigenvalue weighted by molar-refractivity contribution is 7.10. The lowest BCUT2D eigenvalue weighted by molar-refractivity contribution is -0.126. The van der Waals surface area contributed by atoms with E-state index in [4.69, 9.17) is 0 Å². The third-order valence-electron chi connectivity index (χ3n) is 4.53. The summed E-state index contributed by atoms with van der Waals surface area (Å²) in [5.74, 6) is 2.58. The Morgan fingerprint density at radius 3 is 2.52 bits per heavy atom. The highest BCUT2D eigenvalue weighted by Crippen LogP contribution is 2.18. The zero-order valence-corrected chi connectivity index (χ0v) is 16.0. The molecule has 3 aromatic rings. The SMILES string of the molecule is Cc1nc(N2CCN(C(=O)/C=C/c3cccs3)CC2)cc(-n2cccc2)n1. The maximum atomic E-state index is 12.4. The Morgan fingerprint density at radius 2 is 1.81 bits per heavy atom. The predicted octanol–water partition coefficient (Wildman–Crippen LogP) is 3.00. The normalized spacial score (nSPS) is 14.9. The molecule has 0 aromatic carbocycles. The molecule has 4 heterocycles. The predicted molar refractivity (Wildman–Crippen MR) is 108 cm³/mol. The standard InChI is InChI=1S/C20H21N5OS/c1-16-21-18(23-8-2-3-9-23)15-19(22-16)24-10-12-25(13-11-24)20(26)7-6-17-5-4-14-27-17/h2-9,14-15H,10-13H2,1H3/b7-6+. The number of piperazine rings is 1. The molecule has 1 aliphatic rings. The summed E-state index contributed by atoms with van der Waals surface area (Å²) in [6, 6.07) is 9.95. The number of carbonyl (C=O) groups is 1. The van der Waals surface area contributed by atoms with Gasteiger partial charge in [0.1, 0.15) is 17.5 Å². The van der Waals surface area contributed by atoms with Crippen LogP contribution in [-0.4, -0.2) is 51.5 Å². The average Bonchev–Trinajstić information content (AvgIpc) is 3.39. The third kappa shape index (κ3) is 4.09. The van der Waals surface area contributed by atoms with Gasteiger partial charge in [-0.3, -0.25) is 4.79 Å². The third-order valence-corrected chi connectivity index (χ3v) is 5.37. The summed E-state index contributed by atoms with van der Waals surface area (Å²) in [6.07, 6.45) is 7.50. The first-order chi connectivity index (χ1) is 13.2. The maximum Gasteiger partial charge on any atom is 0.246 e. The molecule has 1 amide bonds. The van der Waals surface area contributed by atoms with Crippen LogP contribution in [0.5, 0.6) is 0 Å². The van der Waals surface area contributed by atoms with Gasteiger partial charge in [0.2, 0.25) is 5.91 Å². The van der Waals surface area contributed by atoms with Gasteiger partial charge in [0.05, 0.1) is 0 Å². The fraction of sp³-hybridized carbons (Fsp3) is 0.250. The van der Waals surface area contributed by atoms with E-state index in [1.165, 1.54) is 0 Å². The molecule has 1 saturated heterocycles. The van der Waals surface area contributed by atoms with Gasteiger partial charge in [-0.15, -0.1) is 11.3 Å². The minimum Gasteiger partial charge on any atom is -0.353 e. The molecule has 27 heavy (non-hydrogen) atoms. The Balaban J connectivity index is 1.41. The second kappa shape index (κ2) is 7.75. The average molecular weight is 379 g/mol. The molecule has 0 bridgehead atoms. The lowest BCUT2D eigenvalue weighted by Gasteiger charge is -2.35. The lowest BCUT2D eigenvalue weighted by Crippen LogP contribution is -2.48. The molecule has 1 fully saturated rings. The van der Waals surface area contributed by atoms with E-state index in [0.717, 1.165) is 35.4 Å². The smallest absolute Gasteiger partial charge is 0.246 e. The number of hydrogen-bond acceptors (Lipinski definition) is 5. The number of hydrogen-bond donors (Lipinski definition) is 0. The van der Waals surface area contributed by atoms with Gasteiger partial charge in [-0.2, -0.15) is 0 Å². The van der Waals surface area contributed by atoms with E-state index in [1.807, 2.05) is 70.6 Å². The van der Waals surface area contributed by atoms with E-state index in [-0.39, 0.29) is 5.91 Å². The van der Waals surface area contributed by atoms with Crippen molar-refractivity contribution in [1.29, 1.82) is 0 Å². The van der Waals surface area contributed by atoms with E-state index in [0.29, 0.717) is 13.1 Å². The van der Waals surface area contributed by atoms with Crippen LogP contribution in [-0.2, 0) is 4.79 Å². The van der Waals surface area contributed by atoms with Crippen LogP contribution in [0.25, 0.3) is 11.9 Å². The number of amides is 1. The number of nitrogens with zero attached hydrogens (tertiary/aromatic N) is 5. The van der Waals surface area contributed by atoms with Gasteiger partial charge in [0.25, 0.3) is 0 Å². The summed E-state index contributed by atoms with van der Waals surface area (Å²) in [4.78, 5) is 26.7. The van der Waals surface area contributed by atoms with E-state index < -0.39 is 0 Å². The summed E-state index contributed by atoms with van der Waals surface area (Å²) in [5, 5.41) is 2.01. The van der Waals surface area contributed by atoms with Gasteiger partial charge in [-0.05, 0) is 36.6 Å². The minimum atomic E-state index is 0.0648. The van der Waals surface area contributed by atoms with Crippen LogP contribution in [0.4, 0.5) is 5.82 Å². The summed E-state index contributed by atoms with van der Waals surface area (Å²) in [5.41, 5.74) is 0. The highest BCUT2D eigenvalue weighted by Gasteiger charge is 2.21. The van der Waals surface area contributed by atoms with Gasteiger partial charge in [-0.1, -0.05) is 6.07 Å². The van der Waals surface area contributed by atoms with Crippen LogP contribution in [0.1, 0.15) is 10.7 Å². The molecule has 0 radical (unpaired) electrons. The molecule has 1 aliphatic heterocycles. The molecule has 6 nitrogen and oxygen atoms in total. The molecule has 0 saturated carbocycles. The van der Waals surface area contributed by atoms with Crippen molar-refractivity contribution in [3.05, 3.63) is 64.9 Å². The first-order valence-corrected chi connectivity index (χ1v) is 9.81. The molecule has 3 aromatic heterocycles. The molecule has 0 aliphatic carbocycles. The van der Waals surface area contributed by atoms with E-state index >= 15 is 0 Å². The van der Waals surface area contributed by atoms with Crippen LogP contribution in [0, 0.1) is 6.92 Å². The highest BCUT2D eigenvalue weighted by atomic mass is 32.1. The van der Waals surface area contributed by atoms with E-state index in [9.17, 15) is 4.79 Å². The zero-order valence-electron chi connectivity index (χ0n) is 15.2. The molecule has 138 valence electrons. The Bertz CT molecular complexity index is 925. The second-order valence-corrected chi connectivity index (χ2v) is 7.36. The van der Waals surface area contributed by atoms with Crippen molar-refractivity contribution < 1.29 is 4.79 Å². The van der Waals surface area contributed by atoms with Crippen molar-refractivity contribution in [2.75, 3.05) is 31.1 Å². The van der Waals surface area contributed by atoms with Crippen LogP contribution in [0.15, 0.2) is 54.2 Å². The van der Waals surface area contributed by atoms with Crippen LogP contribution >= 0.6 is 11.3 Å². The number of rotatable bonds is 4. The molecule has 0 spiro atoms. The molecule has 7 heteroatoms. The van der Waals surface area contributed by atoms with Crippen molar-refractivity contribution >= 4 is 29.1 Å². The number of aryl methyl sites for hydroxylation is 1. The zero-order chi connectivity index (χ0) is 18.6. The van der Waals surface area contributed by atoms with Crippen molar-refractivity contribution in [2.24, 2.45) is 0 Å². The Morgan fingerprint density at radius 1 is 1.07 bits per heavy atom. The first kappa shape index (κ1) is 17.5. The molecule has 0 atom stereocenters. The molecule has 0 unspecified atom stereocenters. The fourth-order valence-corrected chi connectivity index (χ4v) is 3.74. The van der Waals surface area contributed by atoms with Crippen molar-refractivity contribution in [1.82, 2.24) is 19.4 Å². The summed E-state index contributed by atoms with van der Waals surface area (Å²) in [7, 11) is 0. The van der Waals surface area contributed by atoms with E-state index in [2.05, 4.69) is 14.9 Å². The van der Waals surface area contributed by atoms with Crippen LogP contribution in [0.2, 0.25) is 0 Å². The van der Waals surface area contributed by atoms with Crippen LogP contribution < -0.4 is 4.90 Å². The van der Waals surface area contributed by atoms with Crippen molar-refractivity contribution in [2.45, 2.75) is 6.92 Å².